The van der Waals surface area contributed by atoms with Crippen LogP contribution in [-0.4, -0.2) is 105 Å². The van der Waals surface area contributed by atoms with Crippen LogP contribution >= 0.6 is 0 Å². The number of imidazole rings is 2. The number of nitrogens with zero attached hydrogens (tertiary/aromatic N) is 5. The van der Waals surface area contributed by atoms with Gasteiger partial charge in [-0.25, -0.2) is 19.6 Å². The molecule has 68 heavy (non-hydrogen) atoms. The lowest BCUT2D eigenvalue weighted by atomic mass is 10.0. The van der Waals surface area contributed by atoms with Gasteiger partial charge in [-0.05, 0) is 85.0 Å². The summed E-state index contributed by atoms with van der Waals surface area (Å²) in [6, 6.07) is 31.9. The Morgan fingerprint density at radius 2 is 1.07 bits per heavy atom. The molecule has 4 N–H and O–H groups in total. The Bertz CT molecular complexity index is 2770. The first-order chi connectivity index (χ1) is 33.3. The number of ether oxygens (including phenoxy) is 2. The second-order valence-corrected chi connectivity index (χ2v) is 17.4. The van der Waals surface area contributed by atoms with E-state index in [1.807, 2.05) is 114 Å². The number of amides is 5. The van der Waals surface area contributed by atoms with Gasteiger partial charge in [-0.15, -0.1) is 0 Å². The van der Waals surface area contributed by atoms with Gasteiger partial charge in [0.2, 0.25) is 5.91 Å². The number of H-pyrrole nitrogens is 2. The Hall–Kier alpha value is -7.70. The van der Waals surface area contributed by atoms with Gasteiger partial charge in [0, 0.05) is 37.9 Å². The standard InChI is InChI=1S/C53H55N9O6/c1-67-34-41-16-9-29-60(41)52(65)58-46(39-12-5-3-6-13-39)50(63)61-30-10-17-44(61)48-54-32-42(56-48)37-25-21-35(22-26-37)19-20-36-23-27-38(28-24-36)43-33-55-49(57-43)45-18-11-31-62(45)51(64)47(59-53(66)68-2)40-14-7-4-8-15-40/h3-8,12-15,21-28,32-33,41,44-47H,9-11,16-18,29-31,34H2,1-2H3,(H,54,56)(H,55,57)(H,58,65)(H,59,66)/t41-,44+,45+,46-,47-/m1/s1. The average molecular weight is 914 g/mol. The van der Waals surface area contributed by atoms with E-state index < -0.39 is 18.2 Å². The predicted molar refractivity (Wildman–Crippen MR) is 255 cm³/mol. The van der Waals surface area contributed by atoms with Crippen molar-refractivity contribution in [3.05, 3.63) is 155 Å². The second-order valence-electron chi connectivity index (χ2n) is 17.4. The number of rotatable bonds is 12. The third-order valence-electron chi connectivity index (χ3n) is 13.1. The van der Waals surface area contributed by atoms with E-state index in [2.05, 4.69) is 37.4 Å². The van der Waals surface area contributed by atoms with E-state index in [0.29, 0.717) is 43.5 Å². The maximum absolute atomic E-state index is 14.4. The minimum absolute atomic E-state index is 0.0191. The molecule has 0 saturated carbocycles. The molecule has 348 valence electrons. The smallest absolute Gasteiger partial charge is 0.407 e. The fourth-order valence-electron chi connectivity index (χ4n) is 9.60. The van der Waals surface area contributed by atoms with Crippen molar-refractivity contribution in [1.29, 1.82) is 0 Å². The van der Waals surface area contributed by atoms with Crippen LogP contribution in [0, 0.1) is 11.8 Å². The highest BCUT2D eigenvalue weighted by atomic mass is 16.5. The van der Waals surface area contributed by atoms with Crippen molar-refractivity contribution in [3.8, 4) is 34.4 Å². The molecule has 3 saturated heterocycles. The van der Waals surface area contributed by atoms with Crippen molar-refractivity contribution in [2.24, 2.45) is 0 Å². The highest BCUT2D eigenvalue weighted by Gasteiger charge is 2.40. The van der Waals surface area contributed by atoms with Crippen LogP contribution in [0.4, 0.5) is 9.59 Å². The molecule has 2 aromatic heterocycles. The third-order valence-corrected chi connectivity index (χ3v) is 13.1. The lowest BCUT2D eigenvalue weighted by Gasteiger charge is -2.31. The van der Waals surface area contributed by atoms with Gasteiger partial charge >= 0.3 is 12.1 Å². The van der Waals surface area contributed by atoms with Gasteiger partial charge in [-0.1, -0.05) is 96.8 Å². The number of carbonyl (C=O) groups excluding carboxylic acids is 4. The molecule has 6 aromatic rings. The molecule has 15 heteroatoms. The molecule has 4 aromatic carbocycles. The summed E-state index contributed by atoms with van der Waals surface area (Å²) in [6.45, 7) is 2.19. The quantitative estimate of drug-likeness (QED) is 0.0898. The van der Waals surface area contributed by atoms with Crippen LogP contribution in [0.2, 0.25) is 0 Å². The summed E-state index contributed by atoms with van der Waals surface area (Å²) < 4.78 is 10.2. The summed E-state index contributed by atoms with van der Waals surface area (Å²) in [5.74, 6) is 7.56. The van der Waals surface area contributed by atoms with Crippen molar-refractivity contribution in [1.82, 2.24) is 45.3 Å². The van der Waals surface area contributed by atoms with E-state index in [1.54, 1.807) is 29.3 Å². The maximum Gasteiger partial charge on any atom is 0.407 e. The Labute approximate surface area is 395 Å². The second kappa shape index (κ2) is 20.9. The van der Waals surface area contributed by atoms with Crippen LogP contribution in [0.25, 0.3) is 22.5 Å². The zero-order valence-electron chi connectivity index (χ0n) is 38.2. The van der Waals surface area contributed by atoms with Gasteiger partial charge in [-0.2, -0.15) is 0 Å². The van der Waals surface area contributed by atoms with E-state index in [4.69, 9.17) is 14.5 Å². The first-order valence-corrected chi connectivity index (χ1v) is 23.2. The molecule has 5 amide bonds. The van der Waals surface area contributed by atoms with E-state index >= 15 is 0 Å². The van der Waals surface area contributed by atoms with Gasteiger partial charge in [0.1, 0.15) is 23.7 Å². The van der Waals surface area contributed by atoms with Crippen molar-refractivity contribution in [2.75, 3.05) is 40.5 Å². The van der Waals surface area contributed by atoms with Crippen LogP contribution in [0.5, 0.6) is 0 Å². The fourth-order valence-corrected chi connectivity index (χ4v) is 9.60. The summed E-state index contributed by atoms with van der Waals surface area (Å²) in [5, 5.41) is 5.79. The average Bonchev–Trinajstić information content (AvgIpc) is 4.25. The minimum Gasteiger partial charge on any atom is -0.453 e. The zero-order valence-corrected chi connectivity index (χ0v) is 38.2. The number of aromatic amines is 2. The number of hydrogen-bond donors (Lipinski definition) is 4. The summed E-state index contributed by atoms with van der Waals surface area (Å²) in [6.07, 6.45) is 7.81. The molecule has 3 aliphatic rings. The minimum atomic E-state index is -0.887. The van der Waals surface area contributed by atoms with Crippen LogP contribution in [0.15, 0.2) is 122 Å². The Morgan fingerprint density at radius 1 is 0.618 bits per heavy atom. The molecule has 0 unspecified atom stereocenters. The van der Waals surface area contributed by atoms with E-state index in [1.165, 1.54) is 7.11 Å². The summed E-state index contributed by atoms with van der Waals surface area (Å²) >= 11 is 0. The number of urea groups is 1. The monoisotopic (exact) mass is 913 g/mol. The van der Waals surface area contributed by atoms with Crippen LogP contribution in [0.1, 0.15) is 96.6 Å². The summed E-state index contributed by atoms with van der Waals surface area (Å²) in [5.41, 5.74) is 6.65. The third kappa shape index (κ3) is 10.0. The summed E-state index contributed by atoms with van der Waals surface area (Å²) in [7, 11) is 2.92. The molecular formula is C53H55N9O6. The Morgan fingerprint density at radius 3 is 1.54 bits per heavy atom. The predicted octanol–water partition coefficient (Wildman–Crippen LogP) is 7.85. The van der Waals surface area contributed by atoms with Gasteiger partial charge in [0.05, 0.1) is 55.6 Å². The van der Waals surface area contributed by atoms with Crippen LogP contribution in [0.3, 0.4) is 0 Å². The molecular weight excluding hydrogens is 859 g/mol. The molecule has 0 bridgehead atoms. The molecule has 5 heterocycles. The van der Waals surface area contributed by atoms with Crippen molar-refractivity contribution < 1.29 is 28.7 Å². The Balaban J connectivity index is 0.830. The van der Waals surface area contributed by atoms with E-state index in [0.717, 1.165) is 77.7 Å². The number of methoxy groups -OCH3 is 2. The highest BCUT2D eigenvalue weighted by Crippen LogP contribution is 2.36. The number of likely N-dealkylation sites (tertiary alicyclic amines) is 3. The van der Waals surface area contributed by atoms with Gasteiger partial charge in [0.25, 0.3) is 5.91 Å². The number of aromatic nitrogens is 4. The first-order valence-electron chi connectivity index (χ1n) is 23.2. The van der Waals surface area contributed by atoms with Gasteiger partial charge in [0.15, 0.2) is 0 Å². The normalized spacial score (nSPS) is 18.7. The first kappa shape index (κ1) is 45.5. The largest absolute Gasteiger partial charge is 0.453 e. The molecule has 9 rings (SSSR count). The Kier molecular flexibility index (Phi) is 13.9. The van der Waals surface area contributed by atoms with Crippen molar-refractivity contribution >= 4 is 23.9 Å². The molecule has 0 spiro atoms. The van der Waals surface area contributed by atoms with Crippen LogP contribution < -0.4 is 10.6 Å². The number of nitrogens with one attached hydrogen (secondary N) is 4. The lowest BCUT2D eigenvalue weighted by Crippen LogP contribution is -2.49. The zero-order chi connectivity index (χ0) is 47.0. The van der Waals surface area contributed by atoms with Crippen molar-refractivity contribution in [2.45, 2.75) is 68.7 Å². The SMILES string of the molecule is COC[C@H]1CCCN1C(=O)N[C@@H](C(=O)N1CCC[C@H]1c1ncc(-c2ccc(C#Cc3ccc(-c4cnc([C@@H]5CCCN5C(=O)[C@H](NC(=O)OC)c5ccccc5)[nH]4)cc3)cc2)[nH]1)c1ccccc1. The maximum atomic E-state index is 14.4. The number of hydrogen-bond acceptors (Lipinski definition) is 8. The van der Waals surface area contributed by atoms with E-state index in [-0.39, 0.29) is 36.0 Å². The topological polar surface area (TPSA) is 178 Å². The van der Waals surface area contributed by atoms with Crippen molar-refractivity contribution in [3.63, 3.8) is 0 Å². The molecule has 15 nitrogen and oxygen atoms in total. The molecule has 0 aliphatic carbocycles. The van der Waals surface area contributed by atoms with Gasteiger partial charge in [-0.3, -0.25) is 9.59 Å². The van der Waals surface area contributed by atoms with Crippen LogP contribution in [-0.2, 0) is 19.1 Å². The molecule has 5 atom stereocenters. The highest BCUT2D eigenvalue weighted by molar-refractivity contribution is 5.89. The molecule has 3 aliphatic heterocycles. The number of carbonyl (C=O) groups is 4. The number of benzene rings is 4. The summed E-state index contributed by atoms with van der Waals surface area (Å²) in [4.78, 5) is 75.9. The van der Waals surface area contributed by atoms with E-state index in [9.17, 15) is 19.2 Å². The van der Waals surface area contributed by atoms with Gasteiger partial charge < -0.3 is 44.8 Å². The molecule has 3 fully saturated rings. The fraction of sp³-hybridized carbons (Fsp3) is 0.321. The number of alkyl carbamates (subject to hydrolysis) is 1. The molecule has 0 radical (unpaired) electrons. The lowest BCUT2D eigenvalue weighted by molar-refractivity contribution is -0.135.